The molecule has 1 rings (SSSR count). The molecular weight excluding hydrogens is 288 g/mol. The summed E-state index contributed by atoms with van der Waals surface area (Å²) in [5.74, 6) is -1.92. The number of carboxylic acids is 1. The first-order valence-electron chi connectivity index (χ1n) is 5.41. The van der Waals surface area contributed by atoms with Gasteiger partial charge in [0.05, 0.1) is 19.6 Å². The van der Waals surface area contributed by atoms with Crippen molar-refractivity contribution >= 4 is 27.6 Å². The van der Waals surface area contributed by atoms with Crippen LogP contribution < -0.4 is 19.9 Å². The van der Waals surface area contributed by atoms with Crippen LogP contribution in [0.15, 0.2) is 23.1 Å². The van der Waals surface area contributed by atoms with E-state index in [1.807, 2.05) is 4.72 Å². The summed E-state index contributed by atoms with van der Waals surface area (Å²) in [6, 6.07) is 3.97. The molecule has 9 heteroatoms. The number of carboxylic acid groups (broad SMARTS) is 1. The Balaban J connectivity index is 3.18. The predicted molar refractivity (Wildman–Crippen MR) is 67.5 cm³/mol. The molecule has 0 fully saturated rings. The van der Waals surface area contributed by atoms with Crippen LogP contribution in [0.4, 0.5) is 5.69 Å². The summed E-state index contributed by atoms with van der Waals surface area (Å²) in [6.07, 6.45) is 0. The van der Waals surface area contributed by atoms with E-state index in [-0.39, 0.29) is 22.2 Å². The van der Waals surface area contributed by atoms with Gasteiger partial charge in [-0.25, -0.2) is 13.1 Å². The van der Waals surface area contributed by atoms with Crippen LogP contribution >= 0.6 is 0 Å². The fraction of sp³-hybridized carbons (Fsp3) is 0.273. The van der Waals surface area contributed by atoms with Gasteiger partial charge in [-0.05, 0) is 18.2 Å². The van der Waals surface area contributed by atoms with E-state index >= 15 is 0 Å². The van der Waals surface area contributed by atoms with Crippen molar-refractivity contribution in [2.45, 2.75) is 11.8 Å². The number of carbonyl (C=O) groups is 2. The first-order valence-corrected chi connectivity index (χ1v) is 6.89. The first-order chi connectivity index (χ1) is 9.26. The van der Waals surface area contributed by atoms with Gasteiger partial charge in [0.1, 0.15) is 10.6 Å². The van der Waals surface area contributed by atoms with Gasteiger partial charge in [0.2, 0.25) is 15.9 Å². The largest absolute Gasteiger partial charge is 0.549 e. The molecule has 110 valence electrons. The van der Waals surface area contributed by atoms with Crippen molar-refractivity contribution in [3.8, 4) is 5.75 Å². The van der Waals surface area contributed by atoms with Crippen LogP contribution in [-0.4, -0.2) is 33.9 Å². The van der Waals surface area contributed by atoms with Gasteiger partial charge in [0.15, 0.2) is 0 Å². The maximum atomic E-state index is 12.0. The summed E-state index contributed by atoms with van der Waals surface area (Å²) in [5, 5.41) is 12.7. The topological polar surface area (TPSA) is 125 Å². The lowest BCUT2D eigenvalue weighted by atomic mass is 10.3. The molecule has 1 amide bonds. The number of anilines is 1. The van der Waals surface area contributed by atoms with Gasteiger partial charge in [-0.15, -0.1) is 0 Å². The van der Waals surface area contributed by atoms with Crippen LogP contribution in [0, 0.1) is 0 Å². The van der Waals surface area contributed by atoms with Crippen LogP contribution in [0.3, 0.4) is 0 Å². The van der Waals surface area contributed by atoms with Crippen molar-refractivity contribution in [3.05, 3.63) is 18.2 Å². The van der Waals surface area contributed by atoms with Crippen molar-refractivity contribution in [2.24, 2.45) is 0 Å². The smallest absolute Gasteiger partial charge is 0.244 e. The predicted octanol–water partition coefficient (Wildman–Crippen LogP) is -1.32. The molecule has 1 aromatic carbocycles. The Bertz CT molecular complexity index is 626. The van der Waals surface area contributed by atoms with Gasteiger partial charge >= 0.3 is 0 Å². The second-order valence-corrected chi connectivity index (χ2v) is 5.48. The number of aliphatic carboxylic acids is 1. The second kappa shape index (κ2) is 6.35. The van der Waals surface area contributed by atoms with E-state index in [4.69, 9.17) is 4.74 Å². The minimum Gasteiger partial charge on any atom is -0.549 e. The monoisotopic (exact) mass is 301 g/mol. The van der Waals surface area contributed by atoms with Gasteiger partial charge in [-0.3, -0.25) is 4.79 Å². The highest BCUT2D eigenvalue weighted by Gasteiger charge is 2.20. The van der Waals surface area contributed by atoms with Gasteiger partial charge in [0.25, 0.3) is 0 Å². The molecule has 0 bridgehead atoms. The van der Waals surface area contributed by atoms with Crippen molar-refractivity contribution in [2.75, 3.05) is 19.0 Å². The highest BCUT2D eigenvalue weighted by molar-refractivity contribution is 7.89. The van der Waals surface area contributed by atoms with E-state index in [1.165, 1.54) is 26.2 Å². The van der Waals surface area contributed by atoms with Gasteiger partial charge < -0.3 is 20.0 Å². The maximum absolute atomic E-state index is 12.0. The number of sulfonamides is 1. The molecule has 2 N–H and O–H groups in total. The lowest BCUT2D eigenvalue weighted by Gasteiger charge is -2.12. The molecule has 0 aromatic heterocycles. The molecule has 0 aliphatic carbocycles. The van der Waals surface area contributed by atoms with Crippen molar-refractivity contribution < 1.29 is 27.9 Å². The Hall–Kier alpha value is -2.13. The van der Waals surface area contributed by atoms with Gasteiger partial charge in [0, 0.05) is 12.6 Å². The highest BCUT2D eigenvalue weighted by Crippen LogP contribution is 2.26. The standard InChI is InChI=1S/C11H14N2O6S/c1-7(14)13-8-3-4-9(19-2)10(5-8)20(17,18)12-6-11(15)16/h3-5,12H,6H2,1-2H3,(H,13,14)(H,15,16)/p-1. The minimum atomic E-state index is -4.10. The third-order valence-electron chi connectivity index (χ3n) is 2.18. The van der Waals surface area contributed by atoms with E-state index < -0.39 is 22.5 Å². The number of ether oxygens (including phenoxy) is 1. The summed E-state index contributed by atoms with van der Waals surface area (Å²) in [7, 11) is -2.83. The molecule has 0 unspecified atom stereocenters. The number of carbonyl (C=O) groups excluding carboxylic acids is 2. The van der Waals surface area contributed by atoms with Crippen LogP contribution in [0.2, 0.25) is 0 Å². The molecule has 1 aromatic rings. The Morgan fingerprint density at radius 1 is 1.35 bits per heavy atom. The molecule has 0 atom stereocenters. The third-order valence-corrected chi connectivity index (χ3v) is 3.60. The SMILES string of the molecule is COc1ccc(NC(C)=O)cc1S(=O)(=O)NCC(=O)[O-]. The molecule has 0 saturated heterocycles. The molecule has 0 radical (unpaired) electrons. The number of benzene rings is 1. The van der Waals surface area contributed by atoms with Crippen molar-refractivity contribution in [3.63, 3.8) is 0 Å². The quantitative estimate of drug-likeness (QED) is 0.671. The van der Waals surface area contributed by atoms with Crippen LogP contribution in [0.25, 0.3) is 0 Å². The van der Waals surface area contributed by atoms with E-state index in [9.17, 15) is 23.1 Å². The molecule has 20 heavy (non-hydrogen) atoms. The van der Waals surface area contributed by atoms with Crippen molar-refractivity contribution in [1.82, 2.24) is 4.72 Å². The zero-order valence-electron chi connectivity index (χ0n) is 10.8. The summed E-state index contributed by atoms with van der Waals surface area (Å²) in [5.41, 5.74) is 0.243. The van der Waals surface area contributed by atoms with Gasteiger partial charge in [-0.2, -0.15) is 0 Å². The number of hydrogen-bond donors (Lipinski definition) is 2. The van der Waals surface area contributed by atoms with Gasteiger partial charge in [-0.1, -0.05) is 0 Å². The van der Waals surface area contributed by atoms with Crippen LogP contribution in [-0.2, 0) is 19.6 Å². The fourth-order valence-corrected chi connectivity index (χ4v) is 2.56. The van der Waals surface area contributed by atoms with Crippen LogP contribution in [0.1, 0.15) is 6.92 Å². The Morgan fingerprint density at radius 2 is 2.00 bits per heavy atom. The first kappa shape index (κ1) is 15.9. The Labute approximate surface area is 115 Å². The molecule has 0 saturated carbocycles. The molecule has 0 heterocycles. The number of nitrogens with one attached hydrogen (secondary N) is 2. The molecule has 0 aliphatic heterocycles. The third kappa shape index (κ3) is 4.21. The molecule has 8 nitrogen and oxygen atoms in total. The number of amides is 1. The molecule has 0 spiro atoms. The zero-order chi connectivity index (χ0) is 15.3. The summed E-state index contributed by atoms with van der Waals surface area (Å²) in [4.78, 5) is 21.0. The van der Waals surface area contributed by atoms with E-state index in [1.54, 1.807) is 0 Å². The number of rotatable bonds is 6. The molecule has 0 aliphatic rings. The summed E-state index contributed by atoms with van der Waals surface area (Å²) < 4.78 is 30.7. The summed E-state index contributed by atoms with van der Waals surface area (Å²) >= 11 is 0. The highest BCUT2D eigenvalue weighted by atomic mass is 32.2. The Morgan fingerprint density at radius 3 is 2.50 bits per heavy atom. The van der Waals surface area contributed by atoms with Crippen LogP contribution in [0.5, 0.6) is 5.75 Å². The number of hydrogen-bond acceptors (Lipinski definition) is 6. The average Bonchev–Trinajstić information content (AvgIpc) is 2.36. The second-order valence-electron chi connectivity index (χ2n) is 3.74. The Kier molecular flexibility index (Phi) is 5.06. The lowest BCUT2D eigenvalue weighted by molar-refractivity contribution is -0.303. The normalized spacial score (nSPS) is 10.9. The van der Waals surface area contributed by atoms with Crippen molar-refractivity contribution in [1.29, 1.82) is 0 Å². The van der Waals surface area contributed by atoms with E-state index in [2.05, 4.69) is 5.32 Å². The van der Waals surface area contributed by atoms with E-state index in [0.717, 1.165) is 6.07 Å². The summed E-state index contributed by atoms with van der Waals surface area (Å²) in [6.45, 7) is 0.405. The number of methoxy groups -OCH3 is 1. The minimum absolute atomic E-state index is 0.0185. The maximum Gasteiger partial charge on any atom is 0.244 e. The lowest BCUT2D eigenvalue weighted by Crippen LogP contribution is -2.37. The van der Waals surface area contributed by atoms with E-state index in [0.29, 0.717) is 0 Å². The zero-order valence-corrected chi connectivity index (χ0v) is 11.6. The molecular formula is C11H13N2O6S-. The average molecular weight is 301 g/mol. The fourth-order valence-electron chi connectivity index (χ4n) is 1.40.